The van der Waals surface area contributed by atoms with Gasteiger partial charge in [-0.3, -0.25) is 4.79 Å². The third kappa shape index (κ3) is 4.46. The van der Waals surface area contributed by atoms with Crippen molar-refractivity contribution in [2.24, 2.45) is 5.73 Å². The molecule has 0 aliphatic carbocycles. The van der Waals surface area contributed by atoms with E-state index in [2.05, 4.69) is 0 Å². The number of hydrogen-bond acceptors (Lipinski definition) is 3. The molecule has 4 heteroatoms. The third-order valence-corrected chi connectivity index (χ3v) is 4.04. The highest BCUT2D eigenvalue weighted by Crippen LogP contribution is 2.21. The lowest BCUT2D eigenvalue weighted by molar-refractivity contribution is -0.134. The Morgan fingerprint density at radius 1 is 1.33 bits per heavy atom. The Balaban J connectivity index is 1.95. The highest BCUT2D eigenvalue weighted by Gasteiger charge is 2.25. The fourth-order valence-electron chi connectivity index (χ4n) is 2.97. The second-order valence-electron chi connectivity index (χ2n) is 5.57. The molecule has 1 atom stereocenters. The predicted octanol–water partition coefficient (Wildman–Crippen LogP) is 2.36. The minimum atomic E-state index is 0.220. The second-order valence-corrected chi connectivity index (χ2v) is 5.57. The molecule has 4 nitrogen and oxygen atoms in total. The van der Waals surface area contributed by atoms with E-state index in [1.54, 1.807) is 0 Å². The molecule has 2 N–H and O–H groups in total. The van der Waals surface area contributed by atoms with E-state index in [4.69, 9.17) is 10.5 Å². The topological polar surface area (TPSA) is 55.6 Å². The summed E-state index contributed by atoms with van der Waals surface area (Å²) in [6.07, 6.45) is 4.78. The number of carbonyl (C=O) groups excluding carboxylic acids is 1. The molecule has 21 heavy (non-hydrogen) atoms. The first kappa shape index (κ1) is 15.8. The zero-order chi connectivity index (χ0) is 15.1. The van der Waals surface area contributed by atoms with Crippen LogP contribution in [0.25, 0.3) is 0 Å². The normalized spacial score (nSPS) is 18.6. The fourth-order valence-corrected chi connectivity index (χ4v) is 2.97. The molecule has 1 unspecified atom stereocenters. The molecule has 0 bridgehead atoms. The molecule has 0 aromatic heterocycles. The largest absolute Gasteiger partial charge is 0.494 e. The molecule has 1 aliphatic rings. The minimum absolute atomic E-state index is 0.220. The van der Waals surface area contributed by atoms with Crippen molar-refractivity contribution in [2.75, 3.05) is 19.7 Å². The Labute approximate surface area is 127 Å². The van der Waals surface area contributed by atoms with Crippen molar-refractivity contribution < 1.29 is 9.53 Å². The number of carbonyl (C=O) groups is 1. The van der Waals surface area contributed by atoms with Crippen LogP contribution in [0.1, 0.15) is 38.2 Å². The van der Waals surface area contributed by atoms with Crippen LogP contribution in [0.4, 0.5) is 0 Å². The average Bonchev–Trinajstić information content (AvgIpc) is 2.50. The van der Waals surface area contributed by atoms with Gasteiger partial charge in [0.15, 0.2) is 0 Å². The van der Waals surface area contributed by atoms with Gasteiger partial charge in [-0.15, -0.1) is 0 Å². The first-order valence-electron chi connectivity index (χ1n) is 7.96. The summed E-state index contributed by atoms with van der Waals surface area (Å²) in [7, 11) is 0. The van der Waals surface area contributed by atoms with Gasteiger partial charge >= 0.3 is 0 Å². The molecule has 2 rings (SSSR count). The van der Waals surface area contributed by atoms with Gasteiger partial charge in [0.25, 0.3) is 0 Å². The molecular formula is C17H26N2O2. The highest BCUT2D eigenvalue weighted by molar-refractivity contribution is 5.79. The number of rotatable bonds is 6. The van der Waals surface area contributed by atoms with E-state index in [9.17, 15) is 4.79 Å². The molecule has 1 aliphatic heterocycles. The van der Waals surface area contributed by atoms with Gasteiger partial charge in [-0.25, -0.2) is 0 Å². The number of likely N-dealkylation sites (tertiary alicyclic amines) is 1. The monoisotopic (exact) mass is 290 g/mol. The number of benzene rings is 1. The van der Waals surface area contributed by atoms with Crippen LogP contribution in [0.5, 0.6) is 5.75 Å². The average molecular weight is 290 g/mol. The third-order valence-electron chi connectivity index (χ3n) is 4.04. The van der Waals surface area contributed by atoms with Gasteiger partial charge in [0, 0.05) is 12.6 Å². The van der Waals surface area contributed by atoms with Crippen LogP contribution in [0.3, 0.4) is 0 Å². The van der Waals surface area contributed by atoms with Crippen LogP contribution in [-0.4, -0.2) is 36.5 Å². The molecule has 0 spiro atoms. The van der Waals surface area contributed by atoms with Gasteiger partial charge in [0.05, 0.1) is 13.0 Å². The van der Waals surface area contributed by atoms with Crippen LogP contribution in [0, 0.1) is 0 Å². The van der Waals surface area contributed by atoms with Gasteiger partial charge in [-0.05, 0) is 56.8 Å². The first-order chi connectivity index (χ1) is 10.2. The highest BCUT2D eigenvalue weighted by atomic mass is 16.5. The number of ether oxygens (including phenoxy) is 1. The molecule has 0 radical (unpaired) electrons. The molecule has 1 aromatic carbocycles. The quantitative estimate of drug-likeness (QED) is 0.875. The van der Waals surface area contributed by atoms with E-state index in [-0.39, 0.29) is 5.91 Å². The SMILES string of the molecule is CCOc1ccc(CC(=O)N2CCCCC2CCN)cc1. The van der Waals surface area contributed by atoms with Crippen molar-refractivity contribution in [3.63, 3.8) is 0 Å². The zero-order valence-corrected chi connectivity index (χ0v) is 12.9. The van der Waals surface area contributed by atoms with E-state index in [0.29, 0.717) is 25.6 Å². The Bertz CT molecular complexity index is 443. The summed E-state index contributed by atoms with van der Waals surface area (Å²) in [6.45, 7) is 4.15. The van der Waals surface area contributed by atoms with Crippen molar-refractivity contribution in [1.29, 1.82) is 0 Å². The minimum Gasteiger partial charge on any atom is -0.494 e. The molecule has 1 heterocycles. The van der Waals surface area contributed by atoms with Gasteiger partial charge in [-0.2, -0.15) is 0 Å². The van der Waals surface area contributed by atoms with E-state index in [1.165, 1.54) is 6.42 Å². The maximum absolute atomic E-state index is 12.5. The van der Waals surface area contributed by atoms with Crippen molar-refractivity contribution >= 4 is 5.91 Å². The Morgan fingerprint density at radius 2 is 2.10 bits per heavy atom. The summed E-state index contributed by atoms with van der Waals surface area (Å²) >= 11 is 0. The molecule has 1 saturated heterocycles. The lowest BCUT2D eigenvalue weighted by Crippen LogP contribution is -2.45. The number of nitrogens with zero attached hydrogens (tertiary/aromatic N) is 1. The van der Waals surface area contributed by atoms with E-state index < -0.39 is 0 Å². The van der Waals surface area contributed by atoms with Gasteiger partial charge < -0.3 is 15.4 Å². The number of amides is 1. The van der Waals surface area contributed by atoms with Crippen LogP contribution < -0.4 is 10.5 Å². The Kier molecular flexibility index (Phi) is 6.05. The molecule has 1 aromatic rings. The summed E-state index contributed by atoms with van der Waals surface area (Å²) in [5, 5.41) is 0. The van der Waals surface area contributed by atoms with Crippen LogP contribution >= 0.6 is 0 Å². The fraction of sp³-hybridized carbons (Fsp3) is 0.588. The van der Waals surface area contributed by atoms with Crippen molar-refractivity contribution in [2.45, 2.75) is 45.1 Å². The summed E-state index contributed by atoms with van der Waals surface area (Å²) < 4.78 is 5.42. The maximum atomic E-state index is 12.5. The number of piperidine rings is 1. The molecule has 0 saturated carbocycles. The predicted molar refractivity (Wildman–Crippen MR) is 84.3 cm³/mol. The molecule has 116 valence electrons. The molecule has 1 fully saturated rings. The van der Waals surface area contributed by atoms with Crippen LogP contribution in [0.15, 0.2) is 24.3 Å². The maximum Gasteiger partial charge on any atom is 0.227 e. The number of hydrogen-bond donors (Lipinski definition) is 1. The first-order valence-corrected chi connectivity index (χ1v) is 7.96. The lowest BCUT2D eigenvalue weighted by atomic mass is 9.98. The Morgan fingerprint density at radius 3 is 2.76 bits per heavy atom. The summed E-state index contributed by atoms with van der Waals surface area (Å²) in [5.74, 6) is 1.07. The van der Waals surface area contributed by atoms with Crippen molar-refractivity contribution in [1.82, 2.24) is 4.90 Å². The van der Waals surface area contributed by atoms with Gasteiger partial charge in [0.1, 0.15) is 5.75 Å². The summed E-state index contributed by atoms with van der Waals surface area (Å²) in [6, 6.07) is 8.15. The summed E-state index contributed by atoms with van der Waals surface area (Å²) in [5.41, 5.74) is 6.71. The molecule has 1 amide bonds. The Hall–Kier alpha value is -1.55. The van der Waals surface area contributed by atoms with Crippen LogP contribution in [-0.2, 0) is 11.2 Å². The molecular weight excluding hydrogens is 264 g/mol. The van der Waals surface area contributed by atoms with Gasteiger partial charge in [-0.1, -0.05) is 12.1 Å². The van der Waals surface area contributed by atoms with E-state index in [0.717, 1.165) is 37.1 Å². The van der Waals surface area contributed by atoms with E-state index >= 15 is 0 Å². The standard InChI is InChI=1S/C17H26N2O2/c1-2-21-16-8-6-14(7-9-16)13-17(20)19-12-4-3-5-15(19)10-11-18/h6-9,15H,2-5,10-13,18H2,1H3. The van der Waals surface area contributed by atoms with Crippen LogP contribution in [0.2, 0.25) is 0 Å². The zero-order valence-electron chi connectivity index (χ0n) is 12.9. The second kappa shape index (κ2) is 8.03. The van der Waals surface area contributed by atoms with Crippen molar-refractivity contribution in [3.05, 3.63) is 29.8 Å². The lowest BCUT2D eigenvalue weighted by Gasteiger charge is -2.35. The van der Waals surface area contributed by atoms with Gasteiger partial charge in [0.2, 0.25) is 5.91 Å². The summed E-state index contributed by atoms with van der Waals surface area (Å²) in [4.78, 5) is 14.6. The van der Waals surface area contributed by atoms with Crippen molar-refractivity contribution in [3.8, 4) is 5.75 Å². The van der Waals surface area contributed by atoms with E-state index in [1.807, 2.05) is 36.1 Å². The smallest absolute Gasteiger partial charge is 0.227 e. The number of nitrogens with two attached hydrogens (primary N) is 1.